The number of aromatic nitrogens is 2. The Kier molecular flexibility index (Phi) is 3.36. The van der Waals surface area contributed by atoms with Crippen LogP contribution in [0.25, 0.3) is 4.96 Å². The maximum Gasteiger partial charge on any atom is 0.193 e. The Hall–Kier alpha value is -1.65. The maximum absolute atomic E-state index is 4.57. The van der Waals surface area contributed by atoms with E-state index in [9.17, 15) is 0 Å². The summed E-state index contributed by atoms with van der Waals surface area (Å²) in [5.41, 5.74) is 3.71. The standard InChI is InChI=1S/C15H17N3S/c1-11-4-3-5-13(8-11)12(2)16-9-14-10-18-6-7-19-15(18)17-14/h3-8,10,12,16H,9H2,1-2H3/t12-/m0/s1. The minimum absolute atomic E-state index is 0.333. The van der Waals surface area contributed by atoms with Crippen LogP contribution in [0, 0.1) is 6.92 Å². The van der Waals surface area contributed by atoms with E-state index in [1.807, 2.05) is 6.20 Å². The maximum atomic E-state index is 4.57. The first-order valence-corrected chi connectivity index (χ1v) is 7.31. The number of imidazole rings is 1. The van der Waals surface area contributed by atoms with Gasteiger partial charge in [0.25, 0.3) is 0 Å². The molecule has 0 fully saturated rings. The molecule has 0 bridgehead atoms. The van der Waals surface area contributed by atoms with Gasteiger partial charge in [0.1, 0.15) is 0 Å². The van der Waals surface area contributed by atoms with Crippen molar-refractivity contribution in [3.63, 3.8) is 0 Å². The molecule has 0 aliphatic heterocycles. The summed E-state index contributed by atoms with van der Waals surface area (Å²) in [6.45, 7) is 5.11. The lowest BCUT2D eigenvalue weighted by molar-refractivity contribution is 0.569. The summed E-state index contributed by atoms with van der Waals surface area (Å²) in [6.07, 6.45) is 4.13. The summed E-state index contributed by atoms with van der Waals surface area (Å²) in [5.74, 6) is 0. The van der Waals surface area contributed by atoms with E-state index < -0.39 is 0 Å². The van der Waals surface area contributed by atoms with Gasteiger partial charge in [0.2, 0.25) is 0 Å². The highest BCUT2D eigenvalue weighted by Gasteiger charge is 2.07. The summed E-state index contributed by atoms with van der Waals surface area (Å²) >= 11 is 1.66. The van der Waals surface area contributed by atoms with E-state index in [1.165, 1.54) is 11.1 Å². The molecule has 1 atom stereocenters. The van der Waals surface area contributed by atoms with Crippen molar-refractivity contribution in [2.45, 2.75) is 26.4 Å². The van der Waals surface area contributed by atoms with Crippen LogP contribution in [0.1, 0.15) is 29.8 Å². The van der Waals surface area contributed by atoms with Crippen molar-refractivity contribution < 1.29 is 0 Å². The molecule has 3 aromatic rings. The number of nitrogens with zero attached hydrogens (tertiary/aromatic N) is 2. The molecule has 0 radical (unpaired) electrons. The Bertz CT molecular complexity index is 655. The largest absolute Gasteiger partial charge is 0.305 e. The van der Waals surface area contributed by atoms with Crippen LogP contribution >= 0.6 is 11.3 Å². The lowest BCUT2D eigenvalue weighted by atomic mass is 10.1. The number of fused-ring (bicyclic) bond motifs is 1. The van der Waals surface area contributed by atoms with Crippen LogP contribution in [-0.2, 0) is 6.54 Å². The lowest BCUT2D eigenvalue weighted by Gasteiger charge is -2.13. The van der Waals surface area contributed by atoms with Gasteiger partial charge in [-0.05, 0) is 19.4 Å². The van der Waals surface area contributed by atoms with Crippen LogP contribution in [0.15, 0.2) is 42.0 Å². The van der Waals surface area contributed by atoms with Gasteiger partial charge >= 0.3 is 0 Å². The van der Waals surface area contributed by atoms with Gasteiger partial charge < -0.3 is 5.32 Å². The molecule has 0 spiro atoms. The number of hydrogen-bond donors (Lipinski definition) is 1. The third-order valence-electron chi connectivity index (χ3n) is 3.27. The monoisotopic (exact) mass is 271 g/mol. The Labute approximate surface area is 116 Å². The van der Waals surface area contributed by atoms with Crippen molar-refractivity contribution in [2.75, 3.05) is 0 Å². The number of rotatable bonds is 4. The van der Waals surface area contributed by atoms with Crippen molar-refractivity contribution in [2.24, 2.45) is 0 Å². The quantitative estimate of drug-likeness (QED) is 0.786. The topological polar surface area (TPSA) is 29.3 Å². The van der Waals surface area contributed by atoms with Gasteiger partial charge in [-0.2, -0.15) is 0 Å². The molecule has 2 aromatic heterocycles. The third-order valence-corrected chi connectivity index (χ3v) is 4.05. The predicted molar refractivity (Wildman–Crippen MR) is 79.5 cm³/mol. The average molecular weight is 271 g/mol. The summed E-state index contributed by atoms with van der Waals surface area (Å²) in [5, 5.41) is 5.57. The number of aryl methyl sites for hydroxylation is 1. The van der Waals surface area contributed by atoms with Crippen LogP contribution in [0.3, 0.4) is 0 Å². The summed E-state index contributed by atoms with van der Waals surface area (Å²) < 4.78 is 2.07. The zero-order chi connectivity index (χ0) is 13.2. The Morgan fingerprint density at radius 3 is 3.11 bits per heavy atom. The molecule has 0 saturated heterocycles. The smallest absolute Gasteiger partial charge is 0.193 e. The van der Waals surface area contributed by atoms with Crippen LogP contribution in [0.5, 0.6) is 0 Å². The second-order valence-electron chi connectivity index (χ2n) is 4.84. The van der Waals surface area contributed by atoms with Crippen molar-refractivity contribution >= 4 is 16.3 Å². The van der Waals surface area contributed by atoms with E-state index in [0.29, 0.717) is 6.04 Å². The van der Waals surface area contributed by atoms with Crippen molar-refractivity contribution in [1.29, 1.82) is 0 Å². The van der Waals surface area contributed by atoms with E-state index in [2.05, 4.69) is 64.4 Å². The molecular weight excluding hydrogens is 254 g/mol. The van der Waals surface area contributed by atoms with E-state index in [1.54, 1.807) is 11.3 Å². The predicted octanol–water partition coefficient (Wildman–Crippen LogP) is 3.56. The SMILES string of the molecule is Cc1cccc([C@H](C)NCc2cn3ccsc3n2)c1. The summed E-state index contributed by atoms with van der Waals surface area (Å²) in [6, 6.07) is 8.95. The fraction of sp³-hybridized carbons (Fsp3) is 0.267. The Morgan fingerprint density at radius 2 is 2.32 bits per heavy atom. The molecule has 0 amide bonds. The van der Waals surface area contributed by atoms with Gasteiger partial charge in [0.15, 0.2) is 4.96 Å². The Morgan fingerprint density at radius 1 is 1.42 bits per heavy atom. The fourth-order valence-electron chi connectivity index (χ4n) is 2.18. The van der Waals surface area contributed by atoms with Crippen LogP contribution in [-0.4, -0.2) is 9.38 Å². The molecular formula is C15H17N3S. The normalized spacial score (nSPS) is 12.9. The van der Waals surface area contributed by atoms with E-state index in [-0.39, 0.29) is 0 Å². The second kappa shape index (κ2) is 5.15. The zero-order valence-electron chi connectivity index (χ0n) is 11.1. The molecule has 2 heterocycles. The van der Waals surface area contributed by atoms with Gasteiger partial charge in [-0.25, -0.2) is 4.98 Å². The molecule has 19 heavy (non-hydrogen) atoms. The van der Waals surface area contributed by atoms with Crippen LogP contribution < -0.4 is 5.32 Å². The first-order chi connectivity index (χ1) is 9.22. The number of benzene rings is 1. The number of thiazole rings is 1. The number of hydrogen-bond acceptors (Lipinski definition) is 3. The van der Waals surface area contributed by atoms with Crippen LogP contribution in [0.2, 0.25) is 0 Å². The molecule has 98 valence electrons. The highest BCUT2D eigenvalue weighted by atomic mass is 32.1. The van der Waals surface area contributed by atoms with Gasteiger partial charge in [0.05, 0.1) is 5.69 Å². The minimum atomic E-state index is 0.333. The molecule has 1 N–H and O–H groups in total. The van der Waals surface area contributed by atoms with E-state index in [0.717, 1.165) is 17.2 Å². The van der Waals surface area contributed by atoms with Crippen molar-refractivity contribution in [1.82, 2.24) is 14.7 Å². The highest BCUT2D eigenvalue weighted by Crippen LogP contribution is 2.15. The number of nitrogens with one attached hydrogen (secondary N) is 1. The molecule has 3 rings (SSSR count). The summed E-state index contributed by atoms with van der Waals surface area (Å²) in [4.78, 5) is 5.63. The van der Waals surface area contributed by atoms with Gasteiger partial charge in [0, 0.05) is 30.4 Å². The van der Waals surface area contributed by atoms with E-state index >= 15 is 0 Å². The first-order valence-electron chi connectivity index (χ1n) is 6.43. The third kappa shape index (κ3) is 2.69. The molecule has 4 heteroatoms. The zero-order valence-corrected chi connectivity index (χ0v) is 11.9. The van der Waals surface area contributed by atoms with E-state index in [4.69, 9.17) is 0 Å². The molecule has 1 aromatic carbocycles. The summed E-state index contributed by atoms with van der Waals surface area (Å²) in [7, 11) is 0. The van der Waals surface area contributed by atoms with Gasteiger partial charge in [-0.15, -0.1) is 11.3 Å². The van der Waals surface area contributed by atoms with Gasteiger partial charge in [-0.3, -0.25) is 4.40 Å². The molecule has 0 unspecified atom stereocenters. The Balaban J connectivity index is 1.67. The average Bonchev–Trinajstić information content (AvgIpc) is 2.96. The first kappa shape index (κ1) is 12.4. The molecule has 0 aliphatic rings. The highest BCUT2D eigenvalue weighted by molar-refractivity contribution is 7.15. The van der Waals surface area contributed by atoms with Gasteiger partial charge in [-0.1, -0.05) is 29.8 Å². The lowest BCUT2D eigenvalue weighted by Crippen LogP contribution is -2.18. The van der Waals surface area contributed by atoms with Crippen molar-refractivity contribution in [3.8, 4) is 0 Å². The second-order valence-corrected chi connectivity index (χ2v) is 5.71. The van der Waals surface area contributed by atoms with Crippen molar-refractivity contribution in [3.05, 3.63) is 58.9 Å². The molecule has 3 nitrogen and oxygen atoms in total. The fourth-order valence-corrected chi connectivity index (χ4v) is 2.90. The van der Waals surface area contributed by atoms with Crippen LogP contribution in [0.4, 0.5) is 0 Å². The minimum Gasteiger partial charge on any atom is -0.305 e. The molecule has 0 saturated carbocycles. The molecule has 0 aliphatic carbocycles.